The lowest BCUT2D eigenvalue weighted by atomic mass is 10.2. The molecule has 0 amide bonds. The quantitative estimate of drug-likeness (QED) is 0.476. The van der Waals surface area contributed by atoms with Crippen LogP contribution in [0, 0.1) is 0 Å². The fourth-order valence-corrected chi connectivity index (χ4v) is 2.09. The zero-order valence-corrected chi connectivity index (χ0v) is 12.6. The van der Waals surface area contributed by atoms with Crippen LogP contribution in [0.4, 0.5) is 8.78 Å². The number of thiocarbonyl (C=S) groups is 1. The summed E-state index contributed by atoms with van der Waals surface area (Å²) < 4.78 is 33.7. The van der Waals surface area contributed by atoms with E-state index in [1.54, 1.807) is 12.1 Å². The van der Waals surface area contributed by atoms with Crippen molar-refractivity contribution in [2.24, 2.45) is 5.10 Å². The van der Waals surface area contributed by atoms with Gasteiger partial charge in [-0.25, -0.2) is 0 Å². The number of hydrazone groups is 1. The topological polar surface area (TPSA) is 54.9 Å². The average molecular weight is 329 g/mol. The molecule has 0 aromatic heterocycles. The van der Waals surface area contributed by atoms with Crippen molar-refractivity contribution in [2.75, 3.05) is 13.2 Å². The van der Waals surface area contributed by atoms with E-state index in [4.69, 9.17) is 17.0 Å². The Morgan fingerprint density at radius 1 is 1.45 bits per heavy atom. The number of hydrogen-bond acceptors (Lipinski definition) is 4. The number of ether oxygens (including phenoxy) is 2. The Hall–Kier alpha value is -1.80. The van der Waals surface area contributed by atoms with Crippen LogP contribution in [0.1, 0.15) is 18.4 Å². The molecule has 1 aromatic carbocycles. The number of benzene rings is 1. The van der Waals surface area contributed by atoms with Gasteiger partial charge in [0.1, 0.15) is 5.75 Å². The SMILES string of the molecule is FC(F)Oc1ccc(/C=N\NC(=S)NC[C@@H]2CCCO2)cc1. The lowest BCUT2D eigenvalue weighted by molar-refractivity contribution is -0.0498. The van der Waals surface area contributed by atoms with Crippen molar-refractivity contribution in [2.45, 2.75) is 25.6 Å². The first-order chi connectivity index (χ1) is 10.6. The van der Waals surface area contributed by atoms with Gasteiger partial charge >= 0.3 is 6.61 Å². The Morgan fingerprint density at radius 2 is 2.23 bits per heavy atom. The van der Waals surface area contributed by atoms with Gasteiger partial charge in [0, 0.05) is 13.2 Å². The fourth-order valence-electron chi connectivity index (χ4n) is 1.95. The zero-order valence-electron chi connectivity index (χ0n) is 11.8. The predicted octanol–water partition coefficient (Wildman–Crippen LogP) is 2.27. The van der Waals surface area contributed by atoms with Crippen LogP contribution in [0.2, 0.25) is 0 Å². The molecule has 2 N–H and O–H groups in total. The van der Waals surface area contributed by atoms with Crippen LogP contribution in [0.3, 0.4) is 0 Å². The second-order valence-corrected chi connectivity index (χ2v) is 5.07. The third kappa shape index (κ3) is 5.90. The molecule has 1 fully saturated rings. The van der Waals surface area contributed by atoms with Crippen LogP contribution in [-0.2, 0) is 4.74 Å². The minimum absolute atomic E-state index is 0.105. The third-order valence-corrected chi connectivity index (χ3v) is 3.23. The van der Waals surface area contributed by atoms with E-state index in [9.17, 15) is 8.78 Å². The van der Waals surface area contributed by atoms with E-state index in [0.29, 0.717) is 11.7 Å². The van der Waals surface area contributed by atoms with Gasteiger partial charge in [-0.1, -0.05) is 0 Å². The van der Waals surface area contributed by atoms with Gasteiger partial charge in [0.2, 0.25) is 0 Å². The summed E-state index contributed by atoms with van der Waals surface area (Å²) in [6.45, 7) is -1.37. The van der Waals surface area contributed by atoms with Gasteiger partial charge in [-0.15, -0.1) is 0 Å². The van der Waals surface area contributed by atoms with Gasteiger partial charge in [0.05, 0.1) is 12.3 Å². The van der Waals surface area contributed by atoms with Gasteiger partial charge in [0.15, 0.2) is 5.11 Å². The van der Waals surface area contributed by atoms with E-state index in [-0.39, 0.29) is 11.9 Å². The number of halogens is 2. The summed E-state index contributed by atoms with van der Waals surface area (Å²) in [5, 5.41) is 7.40. The van der Waals surface area contributed by atoms with E-state index >= 15 is 0 Å². The summed E-state index contributed by atoms with van der Waals surface area (Å²) in [4.78, 5) is 0. The monoisotopic (exact) mass is 329 g/mol. The number of alkyl halides is 2. The Bertz CT molecular complexity index is 505. The van der Waals surface area contributed by atoms with Crippen molar-refractivity contribution >= 4 is 23.5 Å². The molecule has 8 heteroatoms. The van der Waals surface area contributed by atoms with Gasteiger partial charge in [-0.2, -0.15) is 13.9 Å². The van der Waals surface area contributed by atoms with Crippen molar-refractivity contribution in [1.29, 1.82) is 0 Å². The maximum atomic E-state index is 12.0. The first-order valence-corrected chi connectivity index (χ1v) is 7.27. The molecule has 120 valence electrons. The highest BCUT2D eigenvalue weighted by atomic mass is 32.1. The number of nitrogens with one attached hydrogen (secondary N) is 2. The van der Waals surface area contributed by atoms with E-state index < -0.39 is 6.61 Å². The van der Waals surface area contributed by atoms with E-state index in [0.717, 1.165) is 25.0 Å². The molecule has 0 bridgehead atoms. The van der Waals surface area contributed by atoms with Crippen LogP contribution in [0.5, 0.6) is 5.75 Å². The van der Waals surface area contributed by atoms with E-state index in [1.807, 2.05) is 0 Å². The molecule has 1 heterocycles. The largest absolute Gasteiger partial charge is 0.435 e. The number of rotatable bonds is 6. The van der Waals surface area contributed by atoms with Crippen LogP contribution in [-0.4, -0.2) is 37.2 Å². The molecule has 1 saturated heterocycles. The second-order valence-electron chi connectivity index (χ2n) is 4.66. The van der Waals surface area contributed by atoms with E-state index in [2.05, 4.69) is 20.6 Å². The summed E-state index contributed by atoms with van der Waals surface area (Å²) in [6, 6.07) is 6.13. The summed E-state index contributed by atoms with van der Waals surface area (Å²) in [6.07, 6.45) is 3.85. The van der Waals surface area contributed by atoms with Crippen LogP contribution in [0.15, 0.2) is 29.4 Å². The molecule has 5 nitrogen and oxygen atoms in total. The first-order valence-electron chi connectivity index (χ1n) is 6.87. The Labute approximate surface area is 132 Å². The second kappa shape index (κ2) is 8.60. The molecule has 1 atom stereocenters. The molecule has 0 saturated carbocycles. The van der Waals surface area contributed by atoms with Gasteiger partial charge in [0.25, 0.3) is 0 Å². The van der Waals surface area contributed by atoms with Crippen molar-refractivity contribution in [3.63, 3.8) is 0 Å². The first kappa shape index (κ1) is 16.6. The molecule has 0 radical (unpaired) electrons. The highest BCUT2D eigenvalue weighted by Gasteiger charge is 2.14. The highest BCUT2D eigenvalue weighted by Crippen LogP contribution is 2.14. The summed E-state index contributed by atoms with van der Waals surface area (Å²) >= 11 is 5.08. The third-order valence-electron chi connectivity index (χ3n) is 3.00. The Kier molecular flexibility index (Phi) is 6.47. The number of hydrogen-bond donors (Lipinski definition) is 2. The summed E-state index contributed by atoms with van der Waals surface area (Å²) in [7, 11) is 0. The number of nitrogens with zero attached hydrogens (tertiary/aromatic N) is 1. The molecule has 1 aromatic rings. The molecule has 0 spiro atoms. The van der Waals surface area contributed by atoms with E-state index in [1.165, 1.54) is 18.3 Å². The lowest BCUT2D eigenvalue weighted by Crippen LogP contribution is -2.37. The predicted molar refractivity (Wildman–Crippen MR) is 83.4 cm³/mol. The standard InChI is InChI=1S/C14H17F2N3O2S/c15-13(16)21-11-5-3-10(4-6-11)8-18-19-14(22)17-9-12-2-1-7-20-12/h3-6,8,12-13H,1-2,7,9H2,(H2,17,19,22)/b18-8-/t12-/m0/s1. The maximum Gasteiger partial charge on any atom is 0.387 e. The maximum absolute atomic E-state index is 12.0. The van der Waals surface area contributed by atoms with Crippen LogP contribution in [0.25, 0.3) is 0 Å². The molecular weight excluding hydrogens is 312 g/mol. The molecule has 1 aliphatic rings. The van der Waals surface area contributed by atoms with Crippen LogP contribution >= 0.6 is 12.2 Å². The molecule has 1 aliphatic heterocycles. The van der Waals surface area contributed by atoms with Crippen molar-refractivity contribution in [3.8, 4) is 5.75 Å². The molecule has 0 unspecified atom stereocenters. The van der Waals surface area contributed by atoms with Crippen molar-refractivity contribution < 1.29 is 18.3 Å². The van der Waals surface area contributed by atoms with Gasteiger partial charge in [-0.3, -0.25) is 5.43 Å². The highest BCUT2D eigenvalue weighted by molar-refractivity contribution is 7.80. The average Bonchev–Trinajstić information content (AvgIpc) is 3.00. The lowest BCUT2D eigenvalue weighted by Gasteiger charge is -2.11. The molecular formula is C14H17F2N3O2S. The van der Waals surface area contributed by atoms with Crippen LogP contribution < -0.4 is 15.5 Å². The Balaban J connectivity index is 1.70. The molecule has 22 heavy (non-hydrogen) atoms. The molecule has 2 rings (SSSR count). The van der Waals surface area contributed by atoms with Gasteiger partial charge < -0.3 is 14.8 Å². The molecule has 0 aliphatic carbocycles. The van der Waals surface area contributed by atoms with Gasteiger partial charge in [-0.05, 0) is 54.9 Å². The van der Waals surface area contributed by atoms with Crippen molar-refractivity contribution in [3.05, 3.63) is 29.8 Å². The Morgan fingerprint density at radius 3 is 2.86 bits per heavy atom. The normalized spacial score (nSPS) is 17.9. The fraction of sp³-hybridized carbons (Fsp3) is 0.429. The van der Waals surface area contributed by atoms with Crippen molar-refractivity contribution in [1.82, 2.24) is 10.7 Å². The summed E-state index contributed by atoms with van der Waals surface area (Å²) in [5.41, 5.74) is 3.42. The zero-order chi connectivity index (χ0) is 15.8. The minimum atomic E-state index is -2.83. The summed E-state index contributed by atoms with van der Waals surface area (Å²) in [5.74, 6) is 0.105. The minimum Gasteiger partial charge on any atom is -0.435 e. The smallest absolute Gasteiger partial charge is 0.387 e.